The molecule has 0 heterocycles. The number of ether oxygens (including phenoxy) is 2. The van der Waals surface area contributed by atoms with Crippen LogP contribution in [0.15, 0.2) is 57.5 Å². The lowest BCUT2D eigenvalue weighted by molar-refractivity contribution is -0.166. The van der Waals surface area contributed by atoms with E-state index in [2.05, 4.69) is 31.9 Å². The maximum absolute atomic E-state index is 12.2. The summed E-state index contributed by atoms with van der Waals surface area (Å²) in [5, 5.41) is 18.6. The third-order valence-electron chi connectivity index (χ3n) is 3.39. The minimum atomic E-state index is -2.24. The molecule has 2 N–H and O–H groups in total. The lowest BCUT2D eigenvalue weighted by Crippen LogP contribution is -2.45. The van der Waals surface area contributed by atoms with Crippen LogP contribution in [-0.2, 0) is 19.1 Å². The Morgan fingerprint density at radius 2 is 0.929 bits per heavy atom. The average molecular weight is 516 g/mol. The summed E-state index contributed by atoms with van der Waals surface area (Å²) < 4.78 is 10.9. The molecule has 0 aliphatic rings. The Morgan fingerprint density at radius 3 is 1.18 bits per heavy atom. The van der Waals surface area contributed by atoms with Crippen molar-refractivity contribution < 1.29 is 38.9 Å². The number of aliphatic carboxylic acids is 2. The van der Waals surface area contributed by atoms with Gasteiger partial charge >= 0.3 is 23.9 Å². The van der Waals surface area contributed by atoms with E-state index in [1.807, 2.05) is 0 Å². The predicted molar refractivity (Wildman–Crippen MR) is 102 cm³/mol. The van der Waals surface area contributed by atoms with Gasteiger partial charge < -0.3 is 19.7 Å². The fourth-order valence-corrected chi connectivity index (χ4v) is 2.55. The van der Waals surface area contributed by atoms with Gasteiger partial charge in [0.05, 0.1) is 11.1 Å². The van der Waals surface area contributed by atoms with Crippen molar-refractivity contribution >= 4 is 55.7 Å². The van der Waals surface area contributed by atoms with Crippen LogP contribution >= 0.6 is 31.9 Å². The highest BCUT2D eigenvalue weighted by Gasteiger charge is 2.41. The lowest BCUT2D eigenvalue weighted by atomic mass is 10.1. The Balaban J connectivity index is 2.21. The first-order valence-electron chi connectivity index (χ1n) is 7.57. The smallest absolute Gasteiger partial charge is 0.349 e. The molecular formula is C18H12Br2O8. The van der Waals surface area contributed by atoms with Crippen molar-refractivity contribution in [3.05, 3.63) is 68.6 Å². The number of carboxylic acid groups (broad SMARTS) is 2. The molecule has 2 rings (SSSR count). The van der Waals surface area contributed by atoms with Gasteiger partial charge in [0.15, 0.2) is 0 Å². The van der Waals surface area contributed by atoms with Crippen LogP contribution in [0.2, 0.25) is 0 Å². The Morgan fingerprint density at radius 1 is 0.643 bits per heavy atom. The molecule has 0 bridgehead atoms. The third kappa shape index (κ3) is 5.64. The van der Waals surface area contributed by atoms with Gasteiger partial charge in [0.1, 0.15) is 0 Å². The second kappa shape index (κ2) is 9.47. The normalized spacial score (nSPS) is 12.5. The van der Waals surface area contributed by atoms with Gasteiger partial charge in [0.2, 0.25) is 12.2 Å². The van der Waals surface area contributed by atoms with Crippen LogP contribution < -0.4 is 0 Å². The van der Waals surface area contributed by atoms with E-state index in [4.69, 9.17) is 9.47 Å². The molecule has 28 heavy (non-hydrogen) atoms. The van der Waals surface area contributed by atoms with Crippen LogP contribution in [0.1, 0.15) is 20.7 Å². The van der Waals surface area contributed by atoms with Gasteiger partial charge in [-0.1, -0.05) is 31.9 Å². The number of esters is 2. The molecule has 2 atom stereocenters. The number of hydrogen-bond donors (Lipinski definition) is 2. The standard InChI is InChI=1S/C18H12Br2O8/c19-11-5-1-9(2-6-11)17(25)27-13(15(21)22)14(16(23)24)28-18(26)10-3-7-12(20)8-4-10/h1-8,13-14H,(H,21,22)(H,23,24). The van der Waals surface area contributed by atoms with E-state index in [-0.39, 0.29) is 11.1 Å². The van der Waals surface area contributed by atoms with Crippen molar-refractivity contribution in [3.8, 4) is 0 Å². The molecule has 0 saturated carbocycles. The number of carbonyl (C=O) groups excluding carboxylic acids is 2. The van der Waals surface area contributed by atoms with Crippen LogP contribution in [0.5, 0.6) is 0 Å². The summed E-state index contributed by atoms with van der Waals surface area (Å²) in [4.78, 5) is 47.3. The zero-order valence-electron chi connectivity index (χ0n) is 13.9. The van der Waals surface area contributed by atoms with Crippen molar-refractivity contribution in [3.63, 3.8) is 0 Å². The van der Waals surface area contributed by atoms with Crippen LogP contribution in [0.4, 0.5) is 0 Å². The van der Waals surface area contributed by atoms with E-state index in [0.717, 1.165) is 0 Å². The van der Waals surface area contributed by atoms with Crippen LogP contribution in [0.3, 0.4) is 0 Å². The third-order valence-corrected chi connectivity index (χ3v) is 4.45. The number of benzene rings is 2. The maximum atomic E-state index is 12.2. The van der Waals surface area contributed by atoms with Crippen LogP contribution in [-0.4, -0.2) is 46.3 Å². The van der Waals surface area contributed by atoms with Gasteiger partial charge in [-0.2, -0.15) is 0 Å². The molecule has 0 aliphatic carbocycles. The Kier molecular flexibility index (Phi) is 7.30. The van der Waals surface area contributed by atoms with Gasteiger partial charge in [0, 0.05) is 8.95 Å². The van der Waals surface area contributed by atoms with Crippen molar-refractivity contribution in [2.75, 3.05) is 0 Å². The highest BCUT2D eigenvalue weighted by molar-refractivity contribution is 9.10. The summed E-state index contributed by atoms with van der Waals surface area (Å²) in [7, 11) is 0. The fraction of sp³-hybridized carbons (Fsp3) is 0.111. The van der Waals surface area contributed by atoms with E-state index in [9.17, 15) is 29.4 Å². The number of hydrogen-bond acceptors (Lipinski definition) is 6. The molecule has 2 unspecified atom stereocenters. The van der Waals surface area contributed by atoms with E-state index in [1.165, 1.54) is 48.5 Å². The molecule has 0 aliphatic heterocycles. The molecule has 2 aromatic rings. The van der Waals surface area contributed by atoms with Crippen LogP contribution in [0, 0.1) is 0 Å². The quantitative estimate of drug-likeness (QED) is 0.538. The first-order chi connectivity index (χ1) is 13.2. The second-order valence-corrected chi connectivity index (χ2v) is 7.17. The second-order valence-electron chi connectivity index (χ2n) is 5.34. The van der Waals surface area contributed by atoms with Crippen molar-refractivity contribution in [2.45, 2.75) is 12.2 Å². The Hall–Kier alpha value is -2.72. The predicted octanol–water partition coefficient (Wildman–Crippen LogP) is 3.13. The highest BCUT2D eigenvalue weighted by atomic mass is 79.9. The number of carbonyl (C=O) groups is 4. The molecule has 146 valence electrons. The van der Waals surface area contributed by atoms with Gasteiger partial charge in [-0.15, -0.1) is 0 Å². The van der Waals surface area contributed by atoms with E-state index < -0.39 is 36.1 Å². The van der Waals surface area contributed by atoms with Gasteiger partial charge in [-0.3, -0.25) is 0 Å². The Bertz CT molecular complexity index is 817. The van der Waals surface area contributed by atoms with Crippen molar-refractivity contribution in [2.24, 2.45) is 0 Å². The van der Waals surface area contributed by atoms with Gasteiger partial charge in [-0.25, -0.2) is 19.2 Å². The summed E-state index contributed by atoms with van der Waals surface area (Å²) in [6.07, 6.45) is -4.49. The average Bonchev–Trinajstić information content (AvgIpc) is 2.64. The SMILES string of the molecule is O=C(OC(C(=O)O)C(OC(=O)c1ccc(Br)cc1)C(=O)O)c1ccc(Br)cc1. The molecule has 2 aromatic carbocycles. The van der Waals surface area contributed by atoms with Gasteiger partial charge in [-0.05, 0) is 48.5 Å². The summed E-state index contributed by atoms with van der Waals surface area (Å²) in [6.45, 7) is 0. The molecule has 0 saturated heterocycles. The molecule has 0 fully saturated rings. The molecule has 0 radical (unpaired) electrons. The monoisotopic (exact) mass is 514 g/mol. The maximum Gasteiger partial charge on any atom is 0.349 e. The number of carboxylic acids is 2. The molecule has 8 nitrogen and oxygen atoms in total. The summed E-state index contributed by atoms with van der Waals surface area (Å²) in [5.74, 6) is -5.71. The van der Waals surface area contributed by atoms with Crippen LogP contribution in [0.25, 0.3) is 0 Å². The topological polar surface area (TPSA) is 127 Å². The minimum Gasteiger partial charge on any atom is -0.478 e. The molecule has 0 amide bonds. The van der Waals surface area contributed by atoms with E-state index in [1.54, 1.807) is 0 Å². The molecule has 10 heteroatoms. The summed E-state index contributed by atoms with van der Waals surface area (Å²) >= 11 is 6.36. The largest absolute Gasteiger partial charge is 0.478 e. The van der Waals surface area contributed by atoms with Crippen molar-refractivity contribution in [1.29, 1.82) is 0 Å². The lowest BCUT2D eigenvalue weighted by Gasteiger charge is -2.21. The zero-order chi connectivity index (χ0) is 20.8. The highest BCUT2D eigenvalue weighted by Crippen LogP contribution is 2.16. The van der Waals surface area contributed by atoms with Gasteiger partial charge in [0.25, 0.3) is 0 Å². The zero-order valence-corrected chi connectivity index (χ0v) is 17.0. The van der Waals surface area contributed by atoms with E-state index in [0.29, 0.717) is 8.95 Å². The van der Waals surface area contributed by atoms with Crippen molar-refractivity contribution in [1.82, 2.24) is 0 Å². The van der Waals surface area contributed by atoms with E-state index >= 15 is 0 Å². The first-order valence-corrected chi connectivity index (χ1v) is 9.16. The molecular weight excluding hydrogens is 504 g/mol. The fourth-order valence-electron chi connectivity index (χ4n) is 2.02. The molecule has 0 spiro atoms. The summed E-state index contributed by atoms with van der Waals surface area (Å²) in [5.41, 5.74) is -0.00403. The molecule has 0 aromatic heterocycles. The number of rotatable bonds is 7. The minimum absolute atomic E-state index is 0.00201. The first kappa shape index (κ1) is 21.6. The number of halogens is 2. The Labute approximate surface area is 175 Å². The summed E-state index contributed by atoms with van der Waals surface area (Å²) in [6, 6.07) is 11.5.